The van der Waals surface area contributed by atoms with Gasteiger partial charge in [0.2, 0.25) is 0 Å². The third-order valence-electron chi connectivity index (χ3n) is 6.48. The molecule has 36 heavy (non-hydrogen) atoms. The van der Waals surface area contributed by atoms with Crippen LogP contribution < -0.4 is 14.5 Å². The number of ketones is 1. The van der Waals surface area contributed by atoms with Gasteiger partial charge in [-0.3, -0.25) is 14.5 Å². The normalized spacial score (nSPS) is 16.9. The van der Waals surface area contributed by atoms with Crippen LogP contribution in [0.1, 0.15) is 43.5 Å². The van der Waals surface area contributed by atoms with Gasteiger partial charge in [0.1, 0.15) is 11.5 Å². The molecule has 3 aromatic carbocycles. The van der Waals surface area contributed by atoms with Crippen molar-refractivity contribution in [3.63, 3.8) is 0 Å². The van der Waals surface area contributed by atoms with E-state index >= 15 is 0 Å². The predicted molar refractivity (Wildman–Crippen MR) is 144 cm³/mol. The van der Waals surface area contributed by atoms with Gasteiger partial charge in [-0.1, -0.05) is 42.0 Å². The molecule has 1 amide bonds. The maximum absolute atomic E-state index is 13.4. The molecule has 1 aliphatic rings. The Bertz CT molecular complexity index is 1290. The average molecular weight is 485 g/mol. The van der Waals surface area contributed by atoms with Gasteiger partial charge in [0.15, 0.2) is 0 Å². The molecule has 4 rings (SSSR count). The molecule has 1 aliphatic heterocycles. The van der Waals surface area contributed by atoms with Crippen LogP contribution in [0.25, 0.3) is 5.76 Å². The highest BCUT2D eigenvalue weighted by Gasteiger charge is 2.47. The lowest BCUT2D eigenvalue weighted by Gasteiger charge is -2.27. The summed E-state index contributed by atoms with van der Waals surface area (Å²) in [6, 6.07) is 21.5. The second kappa shape index (κ2) is 10.7. The Morgan fingerprint density at radius 1 is 0.944 bits per heavy atom. The Morgan fingerprint density at radius 2 is 1.64 bits per heavy atom. The first kappa shape index (κ1) is 25.0. The molecule has 6 nitrogen and oxygen atoms in total. The number of rotatable bonds is 8. The monoisotopic (exact) mass is 484 g/mol. The number of benzene rings is 3. The Morgan fingerprint density at radius 3 is 2.28 bits per heavy atom. The van der Waals surface area contributed by atoms with Crippen molar-refractivity contribution < 1.29 is 19.4 Å². The number of hydrogen-bond donors (Lipinski definition) is 1. The largest absolute Gasteiger partial charge is 0.507 e. The van der Waals surface area contributed by atoms with Crippen molar-refractivity contribution >= 4 is 28.8 Å². The van der Waals surface area contributed by atoms with Crippen molar-refractivity contribution in [2.75, 3.05) is 29.5 Å². The average Bonchev–Trinajstić information content (AvgIpc) is 3.15. The van der Waals surface area contributed by atoms with E-state index in [9.17, 15) is 14.7 Å². The quantitative estimate of drug-likeness (QED) is 0.246. The van der Waals surface area contributed by atoms with Crippen LogP contribution in [0.4, 0.5) is 11.4 Å². The molecule has 1 N–H and O–H groups in total. The lowest BCUT2D eigenvalue weighted by Crippen LogP contribution is -2.29. The van der Waals surface area contributed by atoms with Crippen molar-refractivity contribution in [2.24, 2.45) is 0 Å². The van der Waals surface area contributed by atoms with Gasteiger partial charge in [-0.05, 0) is 69.7 Å². The Kier molecular flexibility index (Phi) is 7.44. The molecular formula is C30H32N2O4. The summed E-state index contributed by atoms with van der Waals surface area (Å²) in [4.78, 5) is 30.5. The van der Waals surface area contributed by atoms with Crippen LogP contribution in [0, 0.1) is 6.92 Å². The Labute approximate surface area is 212 Å². The molecule has 3 aromatic rings. The summed E-state index contributed by atoms with van der Waals surface area (Å²) in [7, 11) is 0. The minimum atomic E-state index is -0.764. The van der Waals surface area contributed by atoms with Crippen LogP contribution in [-0.4, -0.2) is 36.5 Å². The third kappa shape index (κ3) is 4.71. The topological polar surface area (TPSA) is 70.1 Å². The van der Waals surface area contributed by atoms with E-state index in [1.165, 1.54) is 4.90 Å². The van der Waals surface area contributed by atoms with Gasteiger partial charge in [0.05, 0.1) is 18.2 Å². The van der Waals surface area contributed by atoms with Crippen LogP contribution >= 0.6 is 0 Å². The fourth-order valence-corrected chi connectivity index (χ4v) is 4.72. The number of aliphatic hydroxyl groups excluding tert-OH is 1. The van der Waals surface area contributed by atoms with Gasteiger partial charge in [0.25, 0.3) is 11.7 Å². The van der Waals surface area contributed by atoms with E-state index in [4.69, 9.17) is 4.74 Å². The fraction of sp³-hybridized carbons (Fsp3) is 0.267. The highest BCUT2D eigenvalue weighted by molar-refractivity contribution is 6.51. The van der Waals surface area contributed by atoms with E-state index in [-0.39, 0.29) is 11.3 Å². The molecule has 6 heteroatoms. The maximum atomic E-state index is 13.4. The van der Waals surface area contributed by atoms with Gasteiger partial charge >= 0.3 is 0 Å². The second-order valence-corrected chi connectivity index (χ2v) is 8.73. The molecule has 1 atom stereocenters. The number of ether oxygens (including phenoxy) is 1. The van der Waals surface area contributed by atoms with Gasteiger partial charge in [0, 0.05) is 30.0 Å². The smallest absolute Gasteiger partial charge is 0.300 e. The number of carbonyl (C=O) groups is 2. The first-order chi connectivity index (χ1) is 17.4. The molecule has 186 valence electrons. The SMILES string of the molecule is CCOc1cccc(/C(O)=C2/C(=O)C(=O)N(c3ccc(N(CC)CC)cc3)C2c2cccc(C)c2)c1. The van der Waals surface area contributed by atoms with E-state index < -0.39 is 17.7 Å². The predicted octanol–water partition coefficient (Wildman–Crippen LogP) is 5.87. The highest BCUT2D eigenvalue weighted by Crippen LogP contribution is 2.42. The van der Waals surface area contributed by atoms with Crippen LogP contribution in [0.3, 0.4) is 0 Å². The van der Waals surface area contributed by atoms with Crippen molar-refractivity contribution in [2.45, 2.75) is 33.7 Å². The van der Waals surface area contributed by atoms with E-state index in [0.29, 0.717) is 23.6 Å². The number of aliphatic hydroxyl groups is 1. The number of anilines is 2. The van der Waals surface area contributed by atoms with Crippen LogP contribution in [-0.2, 0) is 9.59 Å². The molecule has 0 bridgehead atoms. The molecule has 0 aromatic heterocycles. The highest BCUT2D eigenvalue weighted by atomic mass is 16.5. The zero-order valence-corrected chi connectivity index (χ0v) is 21.2. The zero-order valence-electron chi connectivity index (χ0n) is 21.2. The molecule has 1 heterocycles. The number of Topliss-reactive ketones (excluding diaryl/α,β-unsaturated/α-hetero) is 1. The third-order valence-corrected chi connectivity index (χ3v) is 6.48. The molecular weight excluding hydrogens is 452 g/mol. The summed E-state index contributed by atoms with van der Waals surface area (Å²) < 4.78 is 5.57. The van der Waals surface area contributed by atoms with Gasteiger partial charge in [-0.25, -0.2) is 0 Å². The summed E-state index contributed by atoms with van der Waals surface area (Å²) in [5.41, 5.74) is 3.88. The molecule has 0 spiro atoms. The number of aryl methyl sites for hydroxylation is 1. The standard InChI is InChI=1S/C30H32N2O4/c1-5-31(6-2)23-14-16-24(17-15-23)32-27(21-11-8-10-20(4)18-21)26(29(34)30(32)35)28(33)22-12-9-13-25(19-22)36-7-3/h8-19,27,33H,5-7H2,1-4H3/b28-26-. The van der Waals surface area contributed by atoms with Crippen molar-refractivity contribution in [3.05, 3.63) is 95.1 Å². The molecule has 1 fully saturated rings. The maximum Gasteiger partial charge on any atom is 0.300 e. The van der Waals surface area contributed by atoms with E-state index in [1.54, 1.807) is 24.3 Å². The van der Waals surface area contributed by atoms with Crippen molar-refractivity contribution in [1.29, 1.82) is 0 Å². The Balaban J connectivity index is 1.87. The van der Waals surface area contributed by atoms with E-state index in [0.717, 1.165) is 29.9 Å². The van der Waals surface area contributed by atoms with Gasteiger partial charge in [-0.2, -0.15) is 0 Å². The van der Waals surface area contributed by atoms with Gasteiger partial charge < -0.3 is 14.7 Å². The summed E-state index contributed by atoms with van der Waals surface area (Å²) in [6.45, 7) is 10.2. The van der Waals surface area contributed by atoms with E-state index in [2.05, 4.69) is 18.7 Å². The summed E-state index contributed by atoms with van der Waals surface area (Å²) >= 11 is 0. The minimum absolute atomic E-state index is 0.0621. The molecule has 1 unspecified atom stereocenters. The lowest BCUT2D eigenvalue weighted by molar-refractivity contribution is -0.132. The van der Waals surface area contributed by atoms with Crippen LogP contribution in [0.15, 0.2) is 78.4 Å². The minimum Gasteiger partial charge on any atom is -0.507 e. The lowest BCUT2D eigenvalue weighted by atomic mass is 9.94. The molecule has 0 aliphatic carbocycles. The number of amides is 1. The van der Waals surface area contributed by atoms with Crippen LogP contribution in [0.2, 0.25) is 0 Å². The number of hydrogen-bond acceptors (Lipinski definition) is 5. The molecule has 1 saturated heterocycles. The Hall–Kier alpha value is -4.06. The van der Waals surface area contributed by atoms with Gasteiger partial charge in [-0.15, -0.1) is 0 Å². The van der Waals surface area contributed by atoms with Crippen molar-refractivity contribution in [3.8, 4) is 5.75 Å². The summed E-state index contributed by atoms with van der Waals surface area (Å²) in [5, 5.41) is 11.4. The number of nitrogens with zero attached hydrogens (tertiary/aromatic N) is 2. The zero-order chi connectivity index (χ0) is 25.8. The summed E-state index contributed by atoms with van der Waals surface area (Å²) in [5.74, 6) is -1.02. The van der Waals surface area contributed by atoms with E-state index in [1.807, 2.05) is 62.4 Å². The summed E-state index contributed by atoms with van der Waals surface area (Å²) in [6.07, 6.45) is 0. The molecule has 0 radical (unpaired) electrons. The van der Waals surface area contributed by atoms with Crippen LogP contribution in [0.5, 0.6) is 5.75 Å². The number of carbonyl (C=O) groups excluding carboxylic acids is 2. The first-order valence-corrected chi connectivity index (χ1v) is 12.3. The first-order valence-electron chi connectivity index (χ1n) is 12.3. The second-order valence-electron chi connectivity index (χ2n) is 8.73. The molecule has 0 saturated carbocycles. The fourth-order valence-electron chi connectivity index (χ4n) is 4.72. The van der Waals surface area contributed by atoms with Crippen molar-refractivity contribution in [1.82, 2.24) is 0 Å².